The van der Waals surface area contributed by atoms with E-state index < -0.39 is 0 Å². The highest BCUT2D eigenvalue weighted by Gasteiger charge is 2.21. The standard InChI is InChI=1S/C13H22N4O/c1-6-7-8-18-11-9(2)10(17-14)15-12(16-11)13(3,4)5/h6H,1,7-8,14H2,2-5H3,(H,15,16,17). The first kappa shape index (κ1) is 14.4. The molecule has 1 aromatic rings. The van der Waals surface area contributed by atoms with Crippen LogP contribution < -0.4 is 16.0 Å². The van der Waals surface area contributed by atoms with E-state index in [1.807, 2.05) is 33.8 Å². The third-order valence-corrected chi connectivity index (χ3v) is 2.47. The van der Waals surface area contributed by atoms with E-state index in [-0.39, 0.29) is 5.41 Å². The van der Waals surface area contributed by atoms with Crippen molar-refractivity contribution in [2.24, 2.45) is 5.84 Å². The van der Waals surface area contributed by atoms with Gasteiger partial charge in [0.05, 0.1) is 12.2 Å². The largest absolute Gasteiger partial charge is 0.477 e. The zero-order chi connectivity index (χ0) is 13.8. The molecule has 3 N–H and O–H groups in total. The molecule has 0 saturated carbocycles. The lowest BCUT2D eigenvalue weighted by Gasteiger charge is -2.20. The molecule has 0 aliphatic rings. The van der Waals surface area contributed by atoms with Crippen molar-refractivity contribution in [1.82, 2.24) is 9.97 Å². The number of nitrogens with one attached hydrogen (secondary N) is 1. The molecule has 18 heavy (non-hydrogen) atoms. The van der Waals surface area contributed by atoms with Crippen molar-refractivity contribution in [1.29, 1.82) is 0 Å². The van der Waals surface area contributed by atoms with Crippen LogP contribution in [0.15, 0.2) is 12.7 Å². The maximum absolute atomic E-state index is 5.64. The second-order valence-electron chi connectivity index (χ2n) is 5.15. The Labute approximate surface area is 108 Å². The van der Waals surface area contributed by atoms with E-state index in [4.69, 9.17) is 10.6 Å². The fraction of sp³-hybridized carbons (Fsp3) is 0.538. The predicted molar refractivity (Wildman–Crippen MR) is 73.6 cm³/mol. The highest BCUT2D eigenvalue weighted by atomic mass is 16.5. The van der Waals surface area contributed by atoms with E-state index in [2.05, 4.69) is 22.0 Å². The number of hydrogen-bond donors (Lipinski definition) is 2. The van der Waals surface area contributed by atoms with Crippen LogP contribution in [0.2, 0.25) is 0 Å². The van der Waals surface area contributed by atoms with Gasteiger partial charge in [0.15, 0.2) is 5.82 Å². The molecule has 100 valence electrons. The summed E-state index contributed by atoms with van der Waals surface area (Å²) in [6, 6.07) is 0. The molecule has 0 radical (unpaired) electrons. The predicted octanol–water partition coefficient (Wildman–Crippen LogP) is 2.32. The maximum atomic E-state index is 5.64. The first-order valence-corrected chi connectivity index (χ1v) is 5.99. The Balaban J connectivity index is 3.10. The number of anilines is 1. The van der Waals surface area contributed by atoms with Gasteiger partial charge in [-0.2, -0.15) is 4.98 Å². The van der Waals surface area contributed by atoms with Gasteiger partial charge in [-0.1, -0.05) is 26.8 Å². The summed E-state index contributed by atoms with van der Waals surface area (Å²) in [5.41, 5.74) is 3.24. The number of nitrogens with two attached hydrogens (primary N) is 1. The van der Waals surface area contributed by atoms with Crippen LogP contribution >= 0.6 is 0 Å². The van der Waals surface area contributed by atoms with Crippen LogP contribution in [-0.2, 0) is 5.41 Å². The van der Waals surface area contributed by atoms with Gasteiger partial charge in [0.25, 0.3) is 0 Å². The molecule has 1 rings (SSSR count). The summed E-state index contributed by atoms with van der Waals surface area (Å²) in [5.74, 6) is 7.35. The minimum atomic E-state index is -0.157. The zero-order valence-corrected chi connectivity index (χ0v) is 11.6. The van der Waals surface area contributed by atoms with Crippen LogP contribution in [0.3, 0.4) is 0 Å². The van der Waals surface area contributed by atoms with Gasteiger partial charge in [-0.3, -0.25) is 0 Å². The smallest absolute Gasteiger partial charge is 0.221 e. The Kier molecular flexibility index (Phi) is 4.67. The van der Waals surface area contributed by atoms with E-state index in [1.54, 1.807) is 0 Å². The lowest BCUT2D eigenvalue weighted by molar-refractivity contribution is 0.306. The molecule has 5 nitrogen and oxygen atoms in total. The molecule has 0 fully saturated rings. The van der Waals surface area contributed by atoms with Crippen molar-refractivity contribution < 1.29 is 4.74 Å². The van der Waals surface area contributed by atoms with Crippen LogP contribution in [0, 0.1) is 6.92 Å². The third-order valence-electron chi connectivity index (χ3n) is 2.47. The van der Waals surface area contributed by atoms with Gasteiger partial charge < -0.3 is 10.2 Å². The zero-order valence-electron chi connectivity index (χ0n) is 11.6. The van der Waals surface area contributed by atoms with Crippen LogP contribution in [-0.4, -0.2) is 16.6 Å². The molecule has 0 bridgehead atoms. The lowest BCUT2D eigenvalue weighted by atomic mass is 9.95. The summed E-state index contributed by atoms with van der Waals surface area (Å²) in [5, 5.41) is 0. The maximum Gasteiger partial charge on any atom is 0.221 e. The van der Waals surface area contributed by atoms with E-state index in [1.165, 1.54) is 0 Å². The summed E-state index contributed by atoms with van der Waals surface area (Å²) >= 11 is 0. The SMILES string of the molecule is C=CCCOc1nc(C(C)(C)C)nc(NN)c1C. The number of aromatic nitrogens is 2. The van der Waals surface area contributed by atoms with Gasteiger partial charge in [0.2, 0.25) is 5.88 Å². The molecule has 1 aromatic heterocycles. The Morgan fingerprint density at radius 1 is 1.39 bits per heavy atom. The number of nitrogen functional groups attached to an aromatic ring is 1. The molecule has 0 saturated heterocycles. The first-order chi connectivity index (χ1) is 8.40. The molecule has 0 aliphatic heterocycles. The van der Waals surface area contributed by atoms with Gasteiger partial charge in [-0.05, 0) is 13.3 Å². The molecule has 0 aromatic carbocycles. The summed E-state index contributed by atoms with van der Waals surface area (Å²) in [6.45, 7) is 12.2. The third kappa shape index (κ3) is 3.43. The van der Waals surface area contributed by atoms with Gasteiger partial charge in [0, 0.05) is 5.41 Å². The van der Waals surface area contributed by atoms with Crippen molar-refractivity contribution in [3.8, 4) is 5.88 Å². The summed E-state index contributed by atoms with van der Waals surface area (Å²) < 4.78 is 5.64. The average molecular weight is 250 g/mol. The van der Waals surface area contributed by atoms with Crippen molar-refractivity contribution >= 4 is 5.82 Å². The van der Waals surface area contributed by atoms with Crippen molar-refractivity contribution in [2.75, 3.05) is 12.0 Å². The summed E-state index contributed by atoms with van der Waals surface area (Å²) in [4.78, 5) is 8.86. The van der Waals surface area contributed by atoms with Crippen LogP contribution in [0.25, 0.3) is 0 Å². The Bertz CT molecular complexity index is 424. The van der Waals surface area contributed by atoms with Crippen LogP contribution in [0.5, 0.6) is 5.88 Å². The molecule has 1 heterocycles. The van der Waals surface area contributed by atoms with Crippen molar-refractivity contribution in [3.05, 3.63) is 24.0 Å². The normalized spacial score (nSPS) is 11.2. The van der Waals surface area contributed by atoms with Crippen molar-refractivity contribution in [2.45, 2.75) is 39.5 Å². The topological polar surface area (TPSA) is 73.1 Å². The number of rotatable bonds is 5. The lowest BCUT2D eigenvalue weighted by Crippen LogP contribution is -2.20. The molecule has 0 unspecified atom stereocenters. The fourth-order valence-corrected chi connectivity index (χ4v) is 1.35. The Morgan fingerprint density at radius 3 is 2.56 bits per heavy atom. The first-order valence-electron chi connectivity index (χ1n) is 5.99. The molecule has 0 spiro atoms. The van der Waals surface area contributed by atoms with Gasteiger partial charge in [0.1, 0.15) is 5.82 Å². The van der Waals surface area contributed by atoms with E-state index >= 15 is 0 Å². The number of ether oxygens (including phenoxy) is 1. The van der Waals surface area contributed by atoms with Gasteiger partial charge >= 0.3 is 0 Å². The van der Waals surface area contributed by atoms with Crippen molar-refractivity contribution in [3.63, 3.8) is 0 Å². The second kappa shape index (κ2) is 5.82. The molecular weight excluding hydrogens is 228 g/mol. The average Bonchev–Trinajstić information content (AvgIpc) is 2.30. The Hall–Kier alpha value is -1.62. The highest BCUT2D eigenvalue weighted by Crippen LogP contribution is 2.27. The summed E-state index contributed by atoms with van der Waals surface area (Å²) in [7, 11) is 0. The molecule has 0 atom stereocenters. The second-order valence-corrected chi connectivity index (χ2v) is 5.15. The molecular formula is C13H22N4O. The molecule has 0 aliphatic carbocycles. The van der Waals surface area contributed by atoms with E-state index in [0.717, 1.165) is 12.0 Å². The number of nitrogens with zero attached hydrogens (tertiary/aromatic N) is 2. The fourth-order valence-electron chi connectivity index (χ4n) is 1.35. The highest BCUT2D eigenvalue weighted by molar-refractivity contribution is 5.48. The minimum absolute atomic E-state index is 0.157. The van der Waals surface area contributed by atoms with Gasteiger partial charge in [-0.25, -0.2) is 10.8 Å². The van der Waals surface area contributed by atoms with Crippen LogP contribution in [0.1, 0.15) is 38.6 Å². The minimum Gasteiger partial charge on any atom is -0.477 e. The monoisotopic (exact) mass is 250 g/mol. The van der Waals surface area contributed by atoms with E-state index in [9.17, 15) is 0 Å². The van der Waals surface area contributed by atoms with E-state index in [0.29, 0.717) is 24.1 Å². The molecule has 5 heteroatoms. The molecule has 0 amide bonds. The van der Waals surface area contributed by atoms with Crippen LogP contribution in [0.4, 0.5) is 5.82 Å². The summed E-state index contributed by atoms with van der Waals surface area (Å²) in [6.07, 6.45) is 2.59. The number of hydrazine groups is 1. The number of hydrogen-bond acceptors (Lipinski definition) is 5. The quantitative estimate of drug-likeness (QED) is 0.363. The Morgan fingerprint density at radius 2 is 2.06 bits per heavy atom. The van der Waals surface area contributed by atoms with Gasteiger partial charge in [-0.15, -0.1) is 6.58 Å².